The number of benzene rings is 1. The van der Waals surface area contributed by atoms with Gasteiger partial charge >= 0.3 is 0 Å². The Bertz CT molecular complexity index is 688. The molecule has 2 rings (SSSR count). The number of pyridine rings is 1. The van der Waals surface area contributed by atoms with Gasteiger partial charge in [-0.2, -0.15) is 0 Å². The molecule has 1 aromatic heterocycles. The Morgan fingerprint density at radius 3 is 2.43 bits per heavy atom. The quantitative estimate of drug-likeness (QED) is 0.857. The minimum Gasteiger partial charge on any atom is -0.453 e. The normalized spacial score (nSPS) is 10.9. The summed E-state index contributed by atoms with van der Waals surface area (Å²) in [6, 6.07) is 6.17. The van der Waals surface area contributed by atoms with E-state index in [1.165, 1.54) is 6.07 Å². The van der Waals surface area contributed by atoms with Gasteiger partial charge in [0.25, 0.3) is 5.56 Å². The van der Waals surface area contributed by atoms with Gasteiger partial charge in [0.2, 0.25) is 0 Å². The molecular weight excluding hydrogens is 311 g/mol. The lowest BCUT2D eigenvalue weighted by Gasteiger charge is -2.13. The molecule has 0 saturated heterocycles. The van der Waals surface area contributed by atoms with Crippen LogP contribution in [0.15, 0.2) is 35.3 Å². The van der Waals surface area contributed by atoms with Crippen LogP contribution >= 0.6 is 23.2 Å². The molecule has 2 N–H and O–H groups in total. The summed E-state index contributed by atoms with van der Waals surface area (Å²) >= 11 is 12.2. The van der Waals surface area contributed by atoms with Gasteiger partial charge < -0.3 is 15.0 Å². The Labute approximate surface area is 133 Å². The Hall–Kier alpha value is -1.65. The zero-order chi connectivity index (χ0) is 15.6. The van der Waals surface area contributed by atoms with Crippen molar-refractivity contribution in [3.8, 4) is 11.5 Å². The average molecular weight is 327 g/mol. The second kappa shape index (κ2) is 6.41. The number of halogens is 2. The van der Waals surface area contributed by atoms with Crippen molar-refractivity contribution in [2.24, 2.45) is 5.92 Å². The molecule has 0 aliphatic carbocycles. The number of ether oxygens (including phenoxy) is 1. The van der Waals surface area contributed by atoms with Crippen LogP contribution in [0.1, 0.15) is 13.8 Å². The van der Waals surface area contributed by atoms with Crippen molar-refractivity contribution < 1.29 is 4.74 Å². The van der Waals surface area contributed by atoms with Crippen LogP contribution in [-0.4, -0.2) is 4.57 Å². The van der Waals surface area contributed by atoms with Gasteiger partial charge in [-0.3, -0.25) is 4.79 Å². The highest BCUT2D eigenvalue weighted by molar-refractivity contribution is 6.37. The van der Waals surface area contributed by atoms with Gasteiger partial charge in [0.1, 0.15) is 5.75 Å². The predicted octanol–water partition coefficient (Wildman–Crippen LogP) is 4.19. The summed E-state index contributed by atoms with van der Waals surface area (Å²) in [6.45, 7) is 4.68. The minimum atomic E-state index is -0.0782. The fraction of sp³-hybridized carbons (Fsp3) is 0.267. The van der Waals surface area contributed by atoms with Crippen LogP contribution in [0.3, 0.4) is 0 Å². The molecule has 0 saturated carbocycles. The molecule has 1 heterocycles. The molecule has 0 atom stereocenters. The molecule has 4 nitrogen and oxygen atoms in total. The van der Waals surface area contributed by atoms with E-state index in [9.17, 15) is 4.79 Å². The fourth-order valence-corrected chi connectivity index (χ4v) is 2.48. The lowest BCUT2D eigenvalue weighted by molar-refractivity contribution is 0.459. The lowest BCUT2D eigenvalue weighted by Crippen LogP contribution is -2.20. The van der Waals surface area contributed by atoms with E-state index in [-0.39, 0.29) is 5.56 Å². The number of anilines is 1. The van der Waals surface area contributed by atoms with E-state index in [0.717, 1.165) is 0 Å². The number of nitrogen functional groups attached to an aromatic ring is 1. The molecule has 0 aliphatic heterocycles. The number of nitrogens with two attached hydrogens (primary N) is 1. The first kappa shape index (κ1) is 15.7. The van der Waals surface area contributed by atoms with Gasteiger partial charge in [-0.25, -0.2) is 0 Å². The zero-order valence-corrected chi connectivity index (χ0v) is 13.3. The van der Waals surface area contributed by atoms with Gasteiger partial charge in [0, 0.05) is 24.5 Å². The molecule has 1 aromatic carbocycles. The van der Waals surface area contributed by atoms with Gasteiger partial charge in [0.05, 0.1) is 10.0 Å². The van der Waals surface area contributed by atoms with Gasteiger partial charge in [0.15, 0.2) is 5.75 Å². The van der Waals surface area contributed by atoms with Crippen LogP contribution in [0.4, 0.5) is 5.69 Å². The first-order chi connectivity index (χ1) is 9.86. The molecule has 0 aliphatic rings. The largest absolute Gasteiger partial charge is 0.453 e. The second-order valence-electron chi connectivity index (χ2n) is 5.16. The fourth-order valence-electron chi connectivity index (χ4n) is 1.90. The van der Waals surface area contributed by atoms with Gasteiger partial charge in [-0.15, -0.1) is 0 Å². The van der Waals surface area contributed by atoms with Crippen molar-refractivity contribution in [1.82, 2.24) is 4.57 Å². The third-order valence-electron chi connectivity index (χ3n) is 2.76. The molecular formula is C15H16Cl2N2O2. The highest BCUT2D eigenvalue weighted by atomic mass is 35.5. The lowest BCUT2D eigenvalue weighted by atomic mass is 10.2. The summed E-state index contributed by atoms with van der Waals surface area (Å²) in [6.07, 6.45) is 1.64. The maximum atomic E-state index is 11.8. The van der Waals surface area contributed by atoms with E-state index >= 15 is 0 Å². The Morgan fingerprint density at radius 2 is 1.86 bits per heavy atom. The molecule has 21 heavy (non-hydrogen) atoms. The van der Waals surface area contributed by atoms with Crippen molar-refractivity contribution in [3.05, 3.63) is 50.9 Å². The van der Waals surface area contributed by atoms with Gasteiger partial charge in [-0.05, 0) is 24.1 Å². The van der Waals surface area contributed by atoms with Crippen molar-refractivity contribution in [2.75, 3.05) is 5.73 Å². The van der Waals surface area contributed by atoms with Crippen LogP contribution in [-0.2, 0) is 6.54 Å². The highest BCUT2D eigenvalue weighted by Crippen LogP contribution is 2.37. The van der Waals surface area contributed by atoms with E-state index in [2.05, 4.69) is 0 Å². The molecule has 0 fully saturated rings. The monoisotopic (exact) mass is 326 g/mol. The molecule has 0 bridgehead atoms. The number of nitrogens with zero attached hydrogens (tertiary/aromatic N) is 1. The average Bonchev–Trinajstić information content (AvgIpc) is 2.37. The highest BCUT2D eigenvalue weighted by Gasteiger charge is 2.11. The maximum Gasteiger partial charge on any atom is 0.250 e. The van der Waals surface area contributed by atoms with E-state index in [1.807, 2.05) is 13.8 Å². The van der Waals surface area contributed by atoms with Crippen LogP contribution in [0.5, 0.6) is 11.5 Å². The minimum absolute atomic E-state index is 0.0782. The number of hydrogen-bond donors (Lipinski definition) is 1. The summed E-state index contributed by atoms with van der Waals surface area (Å²) < 4.78 is 7.29. The maximum absolute atomic E-state index is 11.8. The molecule has 0 amide bonds. The Balaban J connectivity index is 2.34. The topological polar surface area (TPSA) is 57.2 Å². The summed E-state index contributed by atoms with van der Waals surface area (Å²) in [5.41, 5.74) is 6.03. The van der Waals surface area contributed by atoms with Crippen molar-refractivity contribution in [2.45, 2.75) is 20.4 Å². The standard InChI is InChI=1S/C15H16Cl2N2O2/c1-9(2)7-19-8-11(3-4-14(19)20)21-15-12(16)5-10(18)6-13(15)17/h3-6,8-9H,7,18H2,1-2H3. The van der Waals surface area contributed by atoms with E-state index in [4.69, 9.17) is 33.7 Å². The third-order valence-corrected chi connectivity index (χ3v) is 3.32. The third kappa shape index (κ3) is 3.93. The van der Waals surface area contributed by atoms with Crippen molar-refractivity contribution in [3.63, 3.8) is 0 Å². The summed E-state index contributed by atoms with van der Waals surface area (Å²) in [7, 11) is 0. The van der Waals surface area contributed by atoms with Crippen molar-refractivity contribution >= 4 is 28.9 Å². The summed E-state index contributed by atoms with van der Waals surface area (Å²) in [5, 5.41) is 0.642. The molecule has 2 aromatic rings. The van der Waals surface area contributed by atoms with E-state index in [0.29, 0.717) is 39.7 Å². The predicted molar refractivity (Wildman–Crippen MR) is 86.5 cm³/mol. The summed E-state index contributed by atoms with van der Waals surface area (Å²) in [4.78, 5) is 11.8. The van der Waals surface area contributed by atoms with Crippen LogP contribution in [0, 0.1) is 5.92 Å². The molecule has 0 spiro atoms. The molecule has 6 heteroatoms. The van der Waals surface area contributed by atoms with Crippen LogP contribution < -0.4 is 16.0 Å². The molecule has 0 radical (unpaired) electrons. The van der Waals surface area contributed by atoms with Crippen molar-refractivity contribution in [1.29, 1.82) is 0 Å². The second-order valence-corrected chi connectivity index (χ2v) is 5.98. The smallest absolute Gasteiger partial charge is 0.250 e. The Kier molecular flexibility index (Phi) is 4.80. The number of hydrogen-bond acceptors (Lipinski definition) is 3. The number of rotatable bonds is 4. The Morgan fingerprint density at radius 1 is 1.24 bits per heavy atom. The molecule has 0 unspecified atom stereocenters. The first-order valence-corrected chi connectivity index (χ1v) is 7.25. The van der Waals surface area contributed by atoms with Crippen LogP contribution in [0.25, 0.3) is 0 Å². The van der Waals surface area contributed by atoms with Crippen LogP contribution in [0.2, 0.25) is 10.0 Å². The van der Waals surface area contributed by atoms with Gasteiger partial charge in [-0.1, -0.05) is 37.0 Å². The van der Waals surface area contributed by atoms with E-state index in [1.54, 1.807) is 29.0 Å². The summed E-state index contributed by atoms with van der Waals surface area (Å²) in [5.74, 6) is 1.16. The first-order valence-electron chi connectivity index (χ1n) is 6.49. The SMILES string of the molecule is CC(C)Cn1cc(Oc2c(Cl)cc(N)cc2Cl)ccc1=O. The molecule has 112 valence electrons. The number of aromatic nitrogens is 1. The van der Waals surface area contributed by atoms with E-state index < -0.39 is 0 Å². The zero-order valence-electron chi connectivity index (χ0n) is 11.8.